The zero-order valence-corrected chi connectivity index (χ0v) is 8.69. The highest BCUT2D eigenvalue weighted by Gasteiger charge is 2.13. The summed E-state index contributed by atoms with van der Waals surface area (Å²) < 4.78 is 38.5. The van der Waals surface area contributed by atoms with Crippen LogP contribution < -0.4 is 0 Å². The van der Waals surface area contributed by atoms with Gasteiger partial charge in [-0.1, -0.05) is 0 Å². The number of aliphatic hydroxyl groups excluding tert-OH is 1. The topological polar surface area (TPSA) is 33.1 Å². The van der Waals surface area contributed by atoms with E-state index in [1.165, 1.54) is 0 Å². The summed E-state index contributed by atoms with van der Waals surface area (Å²) in [5, 5.41) is 10.7. The Balaban J connectivity index is 2.48. The van der Waals surface area contributed by atoms with Crippen molar-refractivity contribution in [2.24, 2.45) is 0 Å². The van der Waals surface area contributed by atoms with E-state index < -0.39 is 17.5 Å². The lowest BCUT2D eigenvalue weighted by Crippen LogP contribution is -1.92. The smallest absolute Gasteiger partial charge is 0.194 e. The molecule has 0 radical (unpaired) electrons. The first-order chi connectivity index (χ1) is 7.61. The zero-order valence-electron chi connectivity index (χ0n) is 7.88. The molecule has 0 atom stereocenters. The van der Waals surface area contributed by atoms with E-state index >= 15 is 0 Å². The standard InChI is InChI=1S/C10H6F3NOS/c11-7-1-5(2-8(12)9(7)13)10-14-6(3-15)4-16-10/h1-2,4,15H,3H2. The summed E-state index contributed by atoms with van der Waals surface area (Å²) in [6.45, 7) is -0.247. The van der Waals surface area contributed by atoms with Gasteiger partial charge in [-0.2, -0.15) is 0 Å². The molecular weight excluding hydrogens is 239 g/mol. The van der Waals surface area contributed by atoms with Crippen molar-refractivity contribution in [1.29, 1.82) is 0 Å². The number of aliphatic hydroxyl groups is 1. The van der Waals surface area contributed by atoms with Gasteiger partial charge in [-0.15, -0.1) is 11.3 Å². The van der Waals surface area contributed by atoms with Gasteiger partial charge in [0.15, 0.2) is 17.5 Å². The maximum absolute atomic E-state index is 12.9. The Hall–Kier alpha value is -1.40. The summed E-state index contributed by atoms with van der Waals surface area (Å²) in [6.07, 6.45) is 0. The van der Waals surface area contributed by atoms with E-state index in [2.05, 4.69) is 4.98 Å². The fourth-order valence-corrected chi connectivity index (χ4v) is 1.99. The quantitative estimate of drug-likeness (QED) is 0.825. The lowest BCUT2D eigenvalue weighted by molar-refractivity contribution is 0.278. The van der Waals surface area contributed by atoms with Crippen LogP contribution in [0.25, 0.3) is 10.6 Å². The Morgan fingerprint density at radius 3 is 2.31 bits per heavy atom. The molecule has 2 aromatic rings. The van der Waals surface area contributed by atoms with Gasteiger partial charge in [-0.25, -0.2) is 18.2 Å². The average molecular weight is 245 g/mol. The highest BCUT2D eigenvalue weighted by molar-refractivity contribution is 7.13. The molecule has 1 N–H and O–H groups in total. The molecule has 16 heavy (non-hydrogen) atoms. The molecular formula is C10H6F3NOS. The van der Waals surface area contributed by atoms with Crippen LogP contribution in [0.4, 0.5) is 13.2 Å². The predicted octanol–water partition coefficient (Wildman–Crippen LogP) is 2.72. The van der Waals surface area contributed by atoms with Gasteiger partial charge in [0, 0.05) is 10.9 Å². The van der Waals surface area contributed by atoms with Gasteiger partial charge >= 0.3 is 0 Å². The van der Waals surface area contributed by atoms with Crippen molar-refractivity contribution in [3.8, 4) is 10.6 Å². The van der Waals surface area contributed by atoms with Crippen molar-refractivity contribution in [2.75, 3.05) is 0 Å². The Morgan fingerprint density at radius 2 is 1.81 bits per heavy atom. The maximum atomic E-state index is 12.9. The lowest BCUT2D eigenvalue weighted by atomic mass is 10.2. The van der Waals surface area contributed by atoms with Crippen LogP contribution in [-0.4, -0.2) is 10.1 Å². The van der Waals surface area contributed by atoms with Gasteiger partial charge in [-0.3, -0.25) is 0 Å². The third kappa shape index (κ3) is 1.94. The van der Waals surface area contributed by atoms with Crippen LogP contribution >= 0.6 is 11.3 Å². The molecule has 0 fully saturated rings. The summed E-state index contributed by atoms with van der Waals surface area (Å²) in [6, 6.07) is 1.75. The molecule has 2 rings (SSSR count). The number of nitrogens with zero attached hydrogens (tertiary/aromatic N) is 1. The molecule has 0 saturated heterocycles. The van der Waals surface area contributed by atoms with E-state index in [1.807, 2.05) is 0 Å². The summed E-state index contributed by atoms with van der Waals surface area (Å²) in [5.41, 5.74) is 0.561. The minimum absolute atomic E-state index is 0.154. The normalized spacial score (nSPS) is 10.8. The second kappa shape index (κ2) is 4.23. The number of halogens is 3. The fraction of sp³-hybridized carbons (Fsp3) is 0.100. The van der Waals surface area contributed by atoms with Crippen LogP contribution in [0, 0.1) is 17.5 Å². The molecule has 84 valence electrons. The maximum Gasteiger partial charge on any atom is 0.194 e. The first-order valence-electron chi connectivity index (χ1n) is 4.32. The molecule has 0 aliphatic heterocycles. The van der Waals surface area contributed by atoms with Crippen LogP contribution in [-0.2, 0) is 6.61 Å². The van der Waals surface area contributed by atoms with E-state index in [1.54, 1.807) is 5.38 Å². The highest BCUT2D eigenvalue weighted by Crippen LogP contribution is 2.26. The molecule has 1 aromatic carbocycles. The van der Waals surface area contributed by atoms with E-state index in [0.29, 0.717) is 10.7 Å². The minimum atomic E-state index is -1.50. The molecule has 1 aromatic heterocycles. The minimum Gasteiger partial charge on any atom is -0.390 e. The Morgan fingerprint density at radius 1 is 1.19 bits per heavy atom. The number of benzene rings is 1. The van der Waals surface area contributed by atoms with Crippen molar-refractivity contribution in [1.82, 2.24) is 4.98 Å². The summed E-state index contributed by atoms with van der Waals surface area (Å²) in [4.78, 5) is 3.92. The molecule has 2 nitrogen and oxygen atoms in total. The second-order valence-corrected chi connectivity index (χ2v) is 3.91. The van der Waals surface area contributed by atoms with Gasteiger partial charge in [-0.05, 0) is 12.1 Å². The van der Waals surface area contributed by atoms with Crippen molar-refractivity contribution in [3.05, 3.63) is 40.7 Å². The zero-order chi connectivity index (χ0) is 11.7. The van der Waals surface area contributed by atoms with Crippen molar-refractivity contribution >= 4 is 11.3 Å². The summed E-state index contributed by atoms with van der Waals surface area (Å²) in [5.74, 6) is -4.01. The molecule has 1 heterocycles. The van der Waals surface area contributed by atoms with Crippen molar-refractivity contribution in [3.63, 3.8) is 0 Å². The molecule has 0 unspecified atom stereocenters. The fourth-order valence-electron chi connectivity index (χ4n) is 1.19. The van der Waals surface area contributed by atoms with Gasteiger partial charge < -0.3 is 5.11 Å². The van der Waals surface area contributed by atoms with Crippen LogP contribution in [0.2, 0.25) is 0 Å². The SMILES string of the molecule is OCc1csc(-c2cc(F)c(F)c(F)c2)n1. The first kappa shape index (κ1) is 11.1. The second-order valence-electron chi connectivity index (χ2n) is 3.06. The van der Waals surface area contributed by atoms with Crippen LogP contribution in [0.1, 0.15) is 5.69 Å². The number of aromatic nitrogens is 1. The van der Waals surface area contributed by atoms with E-state index in [9.17, 15) is 13.2 Å². The Kier molecular flexibility index (Phi) is 2.93. The van der Waals surface area contributed by atoms with Crippen LogP contribution in [0.3, 0.4) is 0 Å². The number of rotatable bonds is 2. The number of hydrogen-bond acceptors (Lipinski definition) is 3. The van der Waals surface area contributed by atoms with Crippen LogP contribution in [0.15, 0.2) is 17.5 Å². The van der Waals surface area contributed by atoms with Gasteiger partial charge in [0.1, 0.15) is 5.01 Å². The lowest BCUT2D eigenvalue weighted by Gasteiger charge is -1.99. The van der Waals surface area contributed by atoms with E-state index in [4.69, 9.17) is 5.11 Å². The molecule has 0 aliphatic rings. The van der Waals surface area contributed by atoms with Gasteiger partial charge in [0.25, 0.3) is 0 Å². The number of thiazole rings is 1. The van der Waals surface area contributed by atoms with E-state index in [0.717, 1.165) is 23.5 Å². The molecule has 0 saturated carbocycles. The largest absolute Gasteiger partial charge is 0.390 e. The summed E-state index contributed by atoms with van der Waals surface area (Å²) in [7, 11) is 0. The number of hydrogen-bond donors (Lipinski definition) is 1. The predicted molar refractivity (Wildman–Crippen MR) is 53.3 cm³/mol. The van der Waals surface area contributed by atoms with Crippen molar-refractivity contribution in [2.45, 2.75) is 6.61 Å². The van der Waals surface area contributed by atoms with Crippen molar-refractivity contribution < 1.29 is 18.3 Å². The summed E-state index contributed by atoms with van der Waals surface area (Å²) >= 11 is 1.12. The monoisotopic (exact) mass is 245 g/mol. The molecule has 0 spiro atoms. The van der Waals surface area contributed by atoms with E-state index in [-0.39, 0.29) is 12.2 Å². The van der Waals surface area contributed by atoms with Crippen LogP contribution in [0.5, 0.6) is 0 Å². The highest BCUT2D eigenvalue weighted by atomic mass is 32.1. The molecule has 0 bridgehead atoms. The Bertz CT molecular complexity index is 504. The van der Waals surface area contributed by atoms with Gasteiger partial charge in [0.2, 0.25) is 0 Å². The third-order valence-electron chi connectivity index (χ3n) is 1.94. The molecule has 6 heteroatoms. The van der Waals surface area contributed by atoms with Gasteiger partial charge in [0.05, 0.1) is 12.3 Å². The third-order valence-corrected chi connectivity index (χ3v) is 2.88. The molecule has 0 aliphatic carbocycles. The first-order valence-corrected chi connectivity index (χ1v) is 5.20. The molecule has 0 amide bonds. The average Bonchev–Trinajstić information content (AvgIpc) is 2.73. The Labute approximate surface area is 93.0 Å².